The van der Waals surface area contributed by atoms with Crippen LogP contribution in [0, 0.1) is 0 Å². The van der Waals surface area contributed by atoms with Crippen LogP contribution in [0.25, 0.3) is 21.5 Å². The number of carbonyl (C=O) groups is 1. The Balaban J connectivity index is 2.04. The van der Waals surface area contributed by atoms with Gasteiger partial charge in [-0.3, -0.25) is 9.59 Å². The fraction of sp³-hybridized carbons (Fsp3) is 0.214. The molecule has 6 nitrogen and oxygen atoms in total. The van der Waals surface area contributed by atoms with Gasteiger partial charge in [-0.25, -0.2) is 4.98 Å². The summed E-state index contributed by atoms with van der Waals surface area (Å²) < 4.78 is 5.33. The number of nitrogens with zero attached hydrogens (tertiary/aromatic N) is 1. The SMILES string of the molecule is CCC(Sc1nc2scc(-c3ccco3)c2c(=O)[nH]1)C(=O)O. The average Bonchev–Trinajstić information content (AvgIpc) is 3.12. The van der Waals surface area contributed by atoms with Crippen LogP contribution in [0.1, 0.15) is 13.3 Å². The summed E-state index contributed by atoms with van der Waals surface area (Å²) in [5.41, 5.74) is 0.404. The second kappa shape index (κ2) is 5.98. The number of fused-ring (bicyclic) bond motifs is 1. The first-order valence-corrected chi connectivity index (χ1v) is 8.31. The second-order valence-electron chi connectivity index (χ2n) is 4.53. The molecule has 0 saturated carbocycles. The highest BCUT2D eigenvalue weighted by Gasteiger charge is 2.20. The molecule has 0 aromatic carbocycles. The molecule has 0 aliphatic rings. The van der Waals surface area contributed by atoms with Crippen molar-refractivity contribution in [2.45, 2.75) is 23.8 Å². The van der Waals surface area contributed by atoms with Crippen LogP contribution < -0.4 is 5.56 Å². The minimum Gasteiger partial charge on any atom is -0.480 e. The number of hydrogen-bond donors (Lipinski definition) is 2. The van der Waals surface area contributed by atoms with Crippen LogP contribution in [0.4, 0.5) is 0 Å². The van der Waals surface area contributed by atoms with Gasteiger partial charge in [0.05, 0.1) is 11.6 Å². The number of hydrogen-bond acceptors (Lipinski definition) is 6. The van der Waals surface area contributed by atoms with Gasteiger partial charge in [-0.15, -0.1) is 11.3 Å². The molecular weight excluding hydrogens is 324 g/mol. The van der Waals surface area contributed by atoms with E-state index in [0.717, 1.165) is 11.8 Å². The first kappa shape index (κ1) is 14.9. The molecule has 3 rings (SSSR count). The summed E-state index contributed by atoms with van der Waals surface area (Å²) in [5.74, 6) is -0.311. The number of aromatic nitrogens is 2. The maximum absolute atomic E-state index is 12.3. The van der Waals surface area contributed by atoms with E-state index in [4.69, 9.17) is 9.52 Å². The molecule has 0 spiro atoms. The highest BCUT2D eigenvalue weighted by molar-refractivity contribution is 8.00. The van der Waals surface area contributed by atoms with Gasteiger partial charge in [0, 0.05) is 10.9 Å². The summed E-state index contributed by atoms with van der Waals surface area (Å²) in [6.07, 6.45) is 1.99. The number of aliphatic carboxylic acids is 1. The fourth-order valence-electron chi connectivity index (χ4n) is 2.04. The molecule has 114 valence electrons. The predicted octanol–water partition coefficient (Wildman–Crippen LogP) is 3.20. The van der Waals surface area contributed by atoms with Crippen molar-refractivity contribution in [3.05, 3.63) is 34.1 Å². The fourth-order valence-corrected chi connectivity index (χ4v) is 3.86. The minimum absolute atomic E-state index is 0.291. The van der Waals surface area contributed by atoms with Crippen LogP contribution in [0.15, 0.2) is 38.1 Å². The third-order valence-corrected chi connectivity index (χ3v) is 5.22. The van der Waals surface area contributed by atoms with Gasteiger partial charge < -0.3 is 14.5 Å². The Morgan fingerprint density at radius 1 is 1.59 bits per heavy atom. The number of carboxylic acid groups (broad SMARTS) is 1. The van der Waals surface area contributed by atoms with E-state index >= 15 is 0 Å². The first-order valence-electron chi connectivity index (χ1n) is 6.55. The summed E-state index contributed by atoms with van der Waals surface area (Å²) >= 11 is 2.38. The van der Waals surface area contributed by atoms with Crippen LogP contribution >= 0.6 is 23.1 Å². The van der Waals surface area contributed by atoms with Crippen LogP contribution in [0.5, 0.6) is 0 Å². The van der Waals surface area contributed by atoms with E-state index in [0.29, 0.717) is 33.1 Å². The third-order valence-electron chi connectivity index (χ3n) is 3.11. The van der Waals surface area contributed by atoms with Gasteiger partial charge in [-0.2, -0.15) is 0 Å². The lowest BCUT2D eigenvalue weighted by Crippen LogP contribution is -2.17. The molecule has 0 aliphatic carbocycles. The molecule has 0 amide bonds. The summed E-state index contributed by atoms with van der Waals surface area (Å²) in [5, 5.41) is 11.1. The van der Waals surface area contributed by atoms with E-state index in [2.05, 4.69) is 9.97 Å². The molecule has 1 atom stereocenters. The molecule has 3 heterocycles. The number of carboxylic acids is 1. The maximum Gasteiger partial charge on any atom is 0.317 e. The van der Waals surface area contributed by atoms with Crippen molar-refractivity contribution in [2.75, 3.05) is 0 Å². The van der Waals surface area contributed by atoms with Gasteiger partial charge in [0.25, 0.3) is 5.56 Å². The Morgan fingerprint density at radius 2 is 2.41 bits per heavy atom. The van der Waals surface area contributed by atoms with Gasteiger partial charge in [-0.05, 0) is 18.6 Å². The Bertz CT molecular complexity index is 867. The zero-order valence-electron chi connectivity index (χ0n) is 11.5. The molecular formula is C14H12N2O4S2. The van der Waals surface area contributed by atoms with E-state index in [1.54, 1.807) is 25.3 Å². The second-order valence-corrected chi connectivity index (χ2v) is 6.58. The summed E-state index contributed by atoms with van der Waals surface area (Å²) in [6, 6.07) is 3.53. The largest absolute Gasteiger partial charge is 0.480 e. The van der Waals surface area contributed by atoms with Gasteiger partial charge in [0.15, 0.2) is 5.16 Å². The number of rotatable bonds is 5. The molecule has 0 bridgehead atoms. The zero-order valence-corrected chi connectivity index (χ0v) is 13.2. The Morgan fingerprint density at radius 3 is 3.05 bits per heavy atom. The van der Waals surface area contributed by atoms with Crippen molar-refractivity contribution in [3.63, 3.8) is 0 Å². The van der Waals surface area contributed by atoms with Crippen LogP contribution in [-0.2, 0) is 4.79 Å². The molecule has 0 radical (unpaired) electrons. The van der Waals surface area contributed by atoms with Crippen molar-refractivity contribution >= 4 is 39.3 Å². The number of nitrogens with one attached hydrogen (secondary N) is 1. The molecule has 8 heteroatoms. The van der Waals surface area contributed by atoms with Gasteiger partial charge in [-0.1, -0.05) is 18.7 Å². The van der Waals surface area contributed by atoms with E-state index in [9.17, 15) is 9.59 Å². The highest BCUT2D eigenvalue weighted by atomic mass is 32.2. The summed E-state index contributed by atoms with van der Waals surface area (Å²) in [4.78, 5) is 31.0. The van der Waals surface area contributed by atoms with Gasteiger partial charge in [0.2, 0.25) is 0 Å². The monoisotopic (exact) mass is 336 g/mol. The molecule has 2 N–H and O–H groups in total. The maximum atomic E-state index is 12.3. The predicted molar refractivity (Wildman–Crippen MR) is 85.5 cm³/mol. The lowest BCUT2D eigenvalue weighted by Gasteiger charge is -2.07. The highest BCUT2D eigenvalue weighted by Crippen LogP contribution is 2.32. The van der Waals surface area contributed by atoms with Gasteiger partial charge >= 0.3 is 5.97 Å². The third kappa shape index (κ3) is 2.67. The topological polar surface area (TPSA) is 96.2 Å². The summed E-state index contributed by atoms with van der Waals surface area (Å²) in [7, 11) is 0. The number of aromatic amines is 1. The van der Waals surface area contributed by atoms with Crippen LogP contribution in [0.3, 0.4) is 0 Å². The summed E-state index contributed by atoms with van der Waals surface area (Å²) in [6.45, 7) is 1.78. The molecule has 22 heavy (non-hydrogen) atoms. The molecule has 1 unspecified atom stereocenters. The van der Waals surface area contributed by atoms with Crippen molar-refractivity contribution in [1.82, 2.24) is 9.97 Å². The van der Waals surface area contributed by atoms with Gasteiger partial charge in [0.1, 0.15) is 15.8 Å². The molecule has 0 fully saturated rings. The lowest BCUT2D eigenvalue weighted by atomic mass is 10.2. The van der Waals surface area contributed by atoms with Crippen molar-refractivity contribution in [3.8, 4) is 11.3 Å². The molecule has 0 saturated heterocycles. The minimum atomic E-state index is -0.919. The smallest absolute Gasteiger partial charge is 0.317 e. The number of thiophene rings is 1. The number of H-pyrrole nitrogens is 1. The first-order chi connectivity index (χ1) is 10.6. The van der Waals surface area contributed by atoms with Crippen LogP contribution in [0.2, 0.25) is 0 Å². The normalized spacial score (nSPS) is 12.6. The number of thioether (sulfide) groups is 1. The molecule has 3 aromatic heterocycles. The lowest BCUT2D eigenvalue weighted by molar-refractivity contribution is -0.136. The molecule has 0 aliphatic heterocycles. The number of furan rings is 1. The Kier molecular flexibility index (Phi) is 4.04. The average molecular weight is 336 g/mol. The van der Waals surface area contributed by atoms with E-state index < -0.39 is 11.2 Å². The van der Waals surface area contributed by atoms with E-state index in [1.807, 2.05) is 5.38 Å². The van der Waals surface area contributed by atoms with Crippen LogP contribution in [-0.4, -0.2) is 26.3 Å². The Hall–Kier alpha value is -2.06. The van der Waals surface area contributed by atoms with Crippen molar-refractivity contribution < 1.29 is 14.3 Å². The van der Waals surface area contributed by atoms with E-state index in [1.165, 1.54) is 11.3 Å². The van der Waals surface area contributed by atoms with Crippen molar-refractivity contribution in [2.24, 2.45) is 0 Å². The quantitative estimate of drug-likeness (QED) is 0.548. The van der Waals surface area contributed by atoms with Crippen molar-refractivity contribution in [1.29, 1.82) is 0 Å². The van der Waals surface area contributed by atoms with E-state index in [-0.39, 0.29) is 5.56 Å². The standard InChI is InChI=1S/C14H12N2O4S2/c1-2-9(13(18)19)22-14-15-11(17)10-7(6-21-12(10)16-14)8-4-3-5-20-8/h3-6,9H,2H2,1H3,(H,18,19)(H,15,16,17). The zero-order chi connectivity index (χ0) is 15.7. The Labute approximate surface area is 133 Å². The molecule has 3 aromatic rings.